The van der Waals surface area contributed by atoms with Crippen molar-refractivity contribution in [1.29, 1.82) is 0 Å². The molecule has 0 spiro atoms. The molecule has 2 aromatic carbocycles. The first-order chi connectivity index (χ1) is 28.6. The molecule has 11 nitrogen and oxygen atoms in total. The van der Waals surface area contributed by atoms with Crippen molar-refractivity contribution >= 4 is 23.9 Å². The van der Waals surface area contributed by atoms with Gasteiger partial charge >= 0.3 is 23.9 Å². The number of H-pyrrole nitrogens is 3. The number of nitrogens with one attached hydrogen (secondary N) is 3. The monoisotopic (exact) mass is 805 g/mol. The third kappa shape index (κ3) is 11.2. The van der Waals surface area contributed by atoms with Gasteiger partial charge in [0.15, 0.2) is 0 Å². The lowest BCUT2D eigenvalue weighted by atomic mass is 9.94. The Morgan fingerprint density at radius 3 is 1.14 bits per heavy atom. The molecule has 314 valence electrons. The largest absolute Gasteiger partial charge is 0.466 e. The smallest absolute Gasteiger partial charge is 0.355 e. The molecule has 5 rings (SSSR count). The first kappa shape index (κ1) is 44.3. The predicted octanol–water partition coefficient (Wildman–Crippen LogP) is 8.81. The van der Waals surface area contributed by atoms with Crippen molar-refractivity contribution in [3.8, 4) is 0 Å². The van der Waals surface area contributed by atoms with Crippen molar-refractivity contribution in [1.82, 2.24) is 15.0 Å². The van der Waals surface area contributed by atoms with Crippen LogP contribution in [-0.4, -0.2) is 52.0 Å². The highest BCUT2D eigenvalue weighted by atomic mass is 16.5. The fraction of sp³-hybridized carbons (Fsp3) is 0.417. The molecule has 3 heterocycles. The zero-order valence-electron chi connectivity index (χ0n) is 35.4. The van der Waals surface area contributed by atoms with Crippen LogP contribution < -0.4 is 0 Å². The van der Waals surface area contributed by atoms with Crippen LogP contribution in [-0.2, 0) is 93.1 Å². The number of hydrogen-bond donors (Lipinski definition) is 3. The fourth-order valence-electron chi connectivity index (χ4n) is 8.02. The van der Waals surface area contributed by atoms with Crippen LogP contribution in [0.1, 0.15) is 143 Å². The average molecular weight is 806 g/mol. The lowest BCUT2D eigenvalue weighted by Gasteiger charge is -2.10. The van der Waals surface area contributed by atoms with Gasteiger partial charge in [-0.05, 0) is 96.9 Å². The number of carbonyl (C=O) groups is 4. The SMILES string of the molecule is CCOC(=O)CCc1c(Cc2[nH]c(C(=O)OCc3ccccc3)c(CC)c2CC)[nH]c(Cc2[nH]c(C(=O)OCc3ccccc3)c(CC)c2CC)c1CCC(=O)OCC. The Kier molecular flexibility index (Phi) is 16.3. The number of hydrogen-bond acceptors (Lipinski definition) is 8. The van der Waals surface area contributed by atoms with E-state index >= 15 is 0 Å². The second-order valence-corrected chi connectivity index (χ2v) is 14.4. The highest BCUT2D eigenvalue weighted by Gasteiger charge is 2.27. The number of benzene rings is 2. The van der Waals surface area contributed by atoms with Crippen molar-refractivity contribution in [2.75, 3.05) is 13.2 Å². The fourth-order valence-corrected chi connectivity index (χ4v) is 8.02. The van der Waals surface area contributed by atoms with Gasteiger partial charge < -0.3 is 33.9 Å². The lowest BCUT2D eigenvalue weighted by Crippen LogP contribution is -2.10. The van der Waals surface area contributed by atoms with E-state index in [1.54, 1.807) is 13.8 Å². The second-order valence-electron chi connectivity index (χ2n) is 14.4. The average Bonchev–Trinajstić information content (AvgIpc) is 3.91. The summed E-state index contributed by atoms with van der Waals surface area (Å²) in [6, 6.07) is 19.2. The minimum Gasteiger partial charge on any atom is -0.466 e. The van der Waals surface area contributed by atoms with Crippen molar-refractivity contribution in [3.05, 3.63) is 139 Å². The zero-order chi connectivity index (χ0) is 42.3. The van der Waals surface area contributed by atoms with Crippen LogP contribution in [0.4, 0.5) is 0 Å². The van der Waals surface area contributed by atoms with Crippen LogP contribution >= 0.6 is 0 Å². The minimum absolute atomic E-state index is 0.146. The summed E-state index contributed by atoms with van der Waals surface area (Å²) in [7, 11) is 0. The number of aromatic nitrogens is 3. The molecule has 11 heteroatoms. The molecule has 0 amide bonds. The molecule has 0 unspecified atom stereocenters. The van der Waals surface area contributed by atoms with E-state index in [0.29, 0.717) is 62.8 Å². The molecular weight excluding hydrogens is 747 g/mol. The van der Waals surface area contributed by atoms with Gasteiger partial charge in [-0.2, -0.15) is 0 Å². The van der Waals surface area contributed by atoms with E-state index < -0.39 is 11.9 Å². The van der Waals surface area contributed by atoms with E-state index in [9.17, 15) is 19.2 Å². The van der Waals surface area contributed by atoms with E-state index in [0.717, 1.165) is 67.3 Å². The highest BCUT2D eigenvalue weighted by molar-refractivity contribution is 5.90. The van der Waals surface area contributed by atoms with Crippen molar-refractivity contribution in [2.24, 2.45) is 0 Å². The van der Waals surface area contributed by atoms with Crippen LogP contribution in [0, 0.1) is 0 Å². The Labute approximate surface area is 347 Å². The first-order valence-corrected chi connectivity index (χ1v) is 21.1. The third-order valence-electron chi connectivity index (χ3n) is 10.7. The number of rotatable bonds is 22. The zero-order valence-corrected chi connectivity index (χ0v) is 35.4. The third-order valence-corrected chi connectivity index (χ3v) is 10.7. The van der Waals surface area contributed by atoms with E-state index in [1.165, 1.54) is 0 Å². The van der Waals surface area contributed by atoms with Crippen molar-refractivity contribution in [3.63, 3.8) is 0 Å². The van der Waals surface area contributed by atoms with Gasteiger partial charge in [-0.1, -0.05) is 88.4 Å². The van der Waals surface area contributed by atoms with Crippen molar-refractivity contribution < 1.29 is 38.1 Å². The molecule has 0 aliphatic heterocycles. The quantitative estimate of drug-likeness (QED) is 0.0464. The molecule has 5 aromatic rings. The Balaban J connectivity index is 1.56. The number of ether oxygens (including phenoxy) is 4. The maximum atomic E-state index is 13.6. The Morgan fingerprint density at radius 1 is 0.441 bits per heavy atom. The highest BCUT2D eigenvalue weighted by Crippen LogP contribution is 2.32. The Morgan fingerprint density at radius 2 is 0.797 bits per heavy atom. The van der Waals surface area contributed by atoms with Crippen LogP contribution in [0.15, 0.2) is 60.7 Å². The molecule has 59 heavy (non-hydrogen) atoms. The Hall–Kier alpha value is -5.84. The molecule has 3 N–H and O–H groups in total. The first-order valence-electron chi connectivity index (χ1n) is 21.1. The van der Waals surface area contributed by atoms with Crippen LogP contribution in [0.3, 0.4) is 0 Å². The normalized spacial score (nSPS) is 11.1. The van der Waals surface area contributed by atoms with Crippen LogP contribution in [0.5, 0.6) is 0 Å². The Bertz CT molecular complexity index is 2030. The predicted molar refractivity (Wildman–Crippen MR) is 227 cm³/mol. The molecule has 0 saturated heterocycles. The minimum atomic E-state index is -0.417. The van der Waals surface area contributed by atoms with Gasteiger partial charge in [0.25, 0.3) is 0 Å². The molecule has 0 saturated carbocycles. The van der Waals surface area contributed by atoms with E-state index in [2.05, 4.69) is 28.8 Å². The number of aromatic amines is 3. The van der Waals surface area contributed by atoms with Crippen molar-refractivity contribution in [2.45, 2.75) is 119 Å². The summed E-state index contributed by atoms with van der Waals surface area (Å²) in [5.41, 5.74) is 11.9. The summed E-state index contributed by atoms with van der Waals surface area (Å²) in [6.45, 7) is 12.6. The molecule has 0 aliphatic rings. The maximum absolute atomic E-state index is 13.6. The van der Waals surface area contributed by atoms with Gasteiger partial charge in [0.05, 0.1) is 13.2 Å². The number of carbonyl (C=O) groups excluding carboxylic acids is 4. The molecular formula is C48H59N3O8. The summed E-state index contributed by atoms with van der Waals surface area (Å²) in [5.74, 6) is -1.46. The maximum Gasteiger partial charge on any atom is 0.355 e. The number of esters is 4. The standard InChI is InChI=1S/C48H59N3O8/c1-7-33-35(9-3)45(47(54)58-29-31-19-15-13-16-20-31)50-39(33)27-41-37(23-25-43(52)56-11-5)38(24-26-44(53)57-12-6)42(49-41)28-40-34(8-2)36(10-4)46(51-40)48(55)59-30-32-21-17-14-18-22-32/h13-22,49-51H,7-12,23-30H2,1-6H3. The van der Waals surface area contributed by atoms with Gasteiger partial charge in [-0.15, -0.1) is 0 Å². The summed E-state index contributed by atoms with van der Waals surface area (Å²) >= 11 is 0. The summed E-state index contributed by atoms with van der Waals surface area (Å²) in [5, 5.41) is 0. The summed E-state index contributed by atoms with van der Waals surface area (Å²) < 4.78 is 22.3. The lowest BCUT2D eigenvalue weighted by molar-refractivity contribution is -0.144. The van der Waals surface area contributed by atoms with Gasteiger partial charge in [0.2, 0.25) is 0 Å². The second kappa shape index (κ2) is 21.8. The molecule has 3 aromatic heterocycles. The van der Waals surface area contributed by atoms with Gasteiger partial charge in [-0.3, -0.25) is 9.59 Å². The van der Waals surface area contributed by atoms with Gasteiger partial charge in [0.1, 0.15) is 24.6 Å². The molecule has 0 radical (unpaired) electrons. The summed E-state index contributed by atoms with van der Waals surface area (Å²) in [4.78, 5) is 63.4. The summed E-state index contributed by atoms with van der Waals surface area (Å²) in [6.07, 6.45) is 4.51. The molecule has 0 atom stereocenters. The van der Waals surface area contributed by atoms with E-state index in [-0.39, 0.29) is 51.2 Å². The molecule has 0 bridgehead atoms. The van der Waals surface area contributed by atoms with Crippen LogP contribution in [0.2, 0.25) is 0 Å². The van der Waals surface area contributed by atoms with Crippen LogP contribution in [0.25, 0.3) is 0 Å². The topological polar surface area (TPSA) is 153 Å². The van der Waals surface area contributed by atoms with Gasteiger partial charge in [0, 0.05) is 48.5 Å². The molecule has 0 aliphatic carbocycles. The van der Waals surface area contributed by atoms with Gasteiger partial charge in [-0.25, -0.2) is 9.59 Å². The van der Waals surface area contributed by atoms with E-state index in [4.69, 9.17) is 18.9 Å². The van der Waals surface area contributed by atoms with E-state index in [1.807, 2.05) is 74.5 Å². The molecule has 0 fully saturated rings.